The monoisotopic (exact) mass is 481 g/mol. The highest BCUT2D eigenvalue weighted by Gasteiger charge is 2.39. The summed E-state index contributed by atoms with van der Waals surface area (Å²) in [5.74, 6) is 0.137. The van der Waals surface area contributed by atoms with E-state index in [1.165, 1.54) is 0 Å². The fourth-order valence-electron chi connectivity index (χ4n) is 4.55. The first kappa shape index (κ1) is 23.9. The molecule has 4 rings (SSSR count). The Morgan fingerprint density at radius 3 is 2.68 bits per heavy atom. The van der Waals surface area contributed by atoms with Crippen LogP contribution in [0.2, 0.25) is 5.02 Å². The van der Waals surface area contributed by atoms with Gasteiger partial charge in [-0.2, -0.15) is 0 Å². The number of dihydropyridines is 1. The minimum Gasteiger partial charge on any atom is -0.493 e. The molecule has 0 unspecified atom stereocenters. The summed E-state index contributed by atoms with van der Waals surface area (Å²) in [6.45, 7) is 4.15. The van der Waals surface area contributed by atoms with E-state index >= 15 is 0 Å². The molecule has 2 aromatic rings. The molecular weight excluding hydrogens is 454 g/mol. The van der Waals surface area contributed by atoms with Crippen molar-refractivity contribution in [3.05, 3.63) is 81.2 Å². The molecule has 7 heteroatoms. The molecule has 1 heterocycles. The van der Waals surface area contributed by atoms with E-state index in [2.05, 4.69) is 5.32 Å². The normalized spacial score (nSPS) is 17.8. The van der Waals surface area contributed by atoms with Crippen LogP contribution in [0.1, 0.15) is 50.2 Å². The van der Waals surface area contributed by atoms with Crippen LogP contribution in [0, 0.1) is 0 Å². The maximum absolute atomic E-state index is 13.0. The van der Waals surface area contributed by atoms with Gasteiger partial charge in [0.1, 0.15) is 6.61 Å². The Morgan fingerprint density at radius 2 is 1.94 bits per heavy atom. The number of allylic oxidation sites excluding steroid dienone is 3. The van der Waals surface area contributed by atoms with Crippen LogP contribution in [-0.2, 0) is 20.9 Å². The van der Waals surface area contributed by atoms with Gasteiger partial charge < -0.3 is 19.5 Å². The number of nitrogens with one attached hydrogen (secondary N) is 1. The van der Waals surface area contributed by atoms with E-state index in [-0.39, 0.29) is 19.0 Å². The van der Waals surface area contributed by atoms with Crippen LogP contribution < -0.4 is 14.8 Å². The molecule has 0 saturated carbocycles. The van der Waals surface area contributed by atoms with Crippen LogP contribution in [-0.4, -0.2) is 25.5 Å². The molecular formula is C27H28ClNO5. The second-order valence-corrected chi connectivity index (χ2v) is 8.68. The van der Waals surface area contributed by atoms with Crippen LogP contribution >= 0.6 is 11.6 Å². The number of ketones is 1. The molecule has 2 aromatic carbocycles. The third kappa shape index (κ3) is 4.68. The number of carbonyl (C=O) groups excluding carboxylic acids is 2. The lowest BCUT2D eigenvalue weighted by molar-refractivity contribution is -0.138. The molecule has 1 N–H and O–H groups in total. The van der Waals surface area contributed by atoms with Crippen molar-refractivity contribution in [2.75, 3.05) is 13.7 Å². The molecule has 0 saturated heterocycles. The van der Waals surface area contributed by atoms with Gasteiger partial charge in [-0.15, -0.1) is 0 Å². The zero-order chi connectivity index (χ0) is 24.2. The molecule has 34 heavy (non-hydrogen) atoms. The van der Waals surface area contributed by atoms with Gasteiger partial charge in [-0.3, -0.25) is 4.79 Å². The zero-order valence-corrected chi connectivity index (χ0v) is 20.3. The van der Waals surface area contributed by atoms with Crippen LogP contribution in [0.3, 0.4) is 0 Å². The molecule has 0 spiro atoms. The lowest BCUT2D eigenvalue weighted by Gasteiger charge is -2.34. The molecule has 1 aliphatic heterocycles. The van der Waals surface area contributed by atoms with E-state index in [1.54, 1.807) is 20.1 Å². The summed E-state index contributed by atoms with van der Waals surface area (Å²) < 4.78 is 17.0. The summed E-state index contributed by atoms with van der Waals surface area (Å²) >= 11 is 6.25. The lowest BCUT2D eigenvalue weighted by Crippen LogP contribution is -2.34. The van der Waals surface area contributed by atoms with Crippen LogP contribution in [0.5, 0.6) is 11.5 Å². The third-order valence-corrected chi connectivity index (χ3v) is 6.50. The largest absolute Gasteiger partial charge is 0.493 e. The van der Waals surface area contributed by atoms with Gasteiger partial charge in [0.05, 0.1) is 19.3 Å². The summed E-state index contributed by atoms with van der Waals surface area (Å²) in [5, 5.41) is 3.92. The number of hydrogen-bond acceptors (Lipinski definition) is 6. The van der Waals surface area contributed by atoms with Crippen LogP contribution in [0.25, 0.3) is 0 Å². The Morgan fingerprint density at radius 1 is 1.15 bits per heavy atom. The number of methoxy groups -OCH3 is 1. The van der Waals surface area contributed by atoms with Crippen molar-refractivity contribution in [1.29, 1.82) is 0 Å². The molecule has 178 valence electrons. The minimum absolute atomic E-state index is 0.0473. The molecule has 2 aliphatic rings. The van der Waals surface area contributed by atoms with Crippen molar-refractivity contribution < 1.29 is 23.8 Å². The van der Waals surface area contributed by atoms with Crippen LogP contribution in [0.4, 0.5) is 0 Å². The Balaban J connectivity index is 1.72. The summed E-state index contributed by atoms with van der Waals surface area (Å²) in [7, 11) is 1.56. The Hall–Kier alpha value is -3.25. The summed E-state index contributed by atoms with van der Waals surface area (Å²) in [6, 6.07) is 13.0. The van der Waals surface area contributed by atoms with Gasteiger partial charge in [0, 0.05) is 39.9 Å². The maximum Gasteiger partial charge on any atom is 0.336 e. The molecule has 1 atom stereocenters. The fourth-order valence-corrected chi connectivity index (χ4v) is 4.74. The van der Waals surface area contributed by atoms with Gasteiger partial charge in [-0.1, -0.05) is 35.9 Å². The minimum atomic E-state index is -0.533. The number of halogens is 1. The van der Waals surface area contributed by atoms with Gasteiger partial charge in [0.15, 0.2) is 17.3 Å². The Bertz CT molecular complexity index is 1180. The highest BCUT2D eigenvalue weighted by Crippen LogP contribution is 2.44. The highest BCUT2D eigenvalue weighted by atomic mass is 35.5. The summed E-state index contributed by atoms with van der Waals surface area (Å²) in [5.41, 5.74) is 4.29. The number of esters is 1. The average Bonchev–Trinajstić information content (AvgIpc) is 2.83. The van der Waals surface area contributed by atoms with Crippen molar-refractivity contribution in [1.82, 2.24) is 5.32 Å². The average molecular weight is 482 g/mol. The van der Waals surface area contributed by atoms with E-state index in [9.17, 15) is 9.59 Å². The molecule has 0 bridgehead atoms. The van der Waals surface area contributed by atoms with Crippen molar-refractivity contribution in [2.45, 2.75) is 45.6 Å². The number of hydrogen-bond donors (Lipinski definition) is 1. The number of ether oxygens (including phenoxy) is 3. The summed E-state index contributed by atoms with van der Waals surface area (Å²) in [4.78, 5) is 26.0. The van der Waals surface area contributed by atoms with E-state index < -0.39 is 11.9 Å². The second kappa shape index (κ2) is 10.3. The molecule has 0 radical (unpaired) electrons. The maximum atomic E-state index is 13.0. The molecule has 0 fully saturated rings. The highest BCUT2D eigenvalue weighted by molar-refractivity contribution is 6.31. The van der Waals surface area contributed by atoms with Gasteiger partial charge in [-0.25, -0.2) is 4.79 Å². The van der Waals surface area contributed by atoms with Crippen molar-refractivity contribution in [3.8, 4) is 11.5 Å². The van der Waals surface area contributed by atoms with Gasteiger partial charge in [0.2, 0.25) is 0 Å². The van der Waals surface area contributed by atoms with Gasteiger partial charge >= 0.3 is 5.97 Å². The first-order valence-corrected chi connectivity index (χ1v) is 11.8. The molecule has 0 aromatic heterocycles. The predicted molar refractivity (Wildman–Crippen MR) is 130 cm³/mol. The fraction of sp³-hybridized carbons (Fsp3) is 0.333. The SMILES string of the molecule is CCOC(=O)C1=C(C)NC2=C(C(=O)CCC2)[C@@H]1c1ccc(OCc2ccccc2Cl)c(OC)c1. The zero-order valence-electron chi connectivity index (χ0n) is 19.6. The predicted octanol–water partition coefficient (Wildman–Crippen LogP) is 5.46. The van der Waals surface area contributed by atoms with E-state index in [0.717, 1.165) is 29.7 Å². The number of benzene rings is 2. The van der Waals surface area contributed by atoms with Crippen molar-refractivity contribution in [3.63, 3.8) is 0 Å². The number of carbonyl (C=O) groups is 2. The van der Waals surface area contributed by atoms with Crippen molar-refractivity contribution in [2.24, 2.45) is 0 Å². The quantitative estimate of drug-likeness (QED) is 0.529. The smallest absolute Gasteiger partial charge is 0.336 e. The van der Waals surface area contributed by atoms with Gasteiger partial charge in [0.25, 0.3) is 0 Å². The lowest BCUT2D eigenvalue weighted by atomic mass is 9.75. The van der Waals surface area contributed by atoms with E-state index in [4.69, 9.17) is 25.8 Å². The van der Waals surface area contributed by atoms with Gasteiger partial charge in [-0.05, 0) is 50.5 Å². The first-order valence-electron chi connectivity index (χ1n) is 11.4. The Kier molecular flexibility index (Phi) is 7.27. The third-order valence-electron chi connectivity index (χ3n) is 6.13. The molecule has 1 aliphatic carbocycles. The topological polar surface area (TPSA) is 73.9 Å². The van der Waals surface area contributed by atoms with E-state index in [1.807, 2.05) is 43.3 Å². The van der Waals surface area contributed by atoms with Crippen LogP contribution in [0.15, 0.2) is 65.0 Å². The summed E-state index contributed by atoms with van der Waals surface area (Å²) in [6.07, 6.45) is 2.01. The Labute approximate surface area is 204 Å². The van der Waals surface area contributed by atoms with E-state index in [0.29, 0.717) is 39.8 Å². The number of rotatable bonds is 7. The second-order valence-electron chi connectivity index (χ2n) is 8.28. The first-order chi connectivity index (χ1) is 16.4. The number of Topliss-reactive ketones (excluding diaryl/α,β-unsaturated/α-hetero) is 1. The van der Waals surface area contributed by atoms with Crippen molar-refractivity contribution >= 4 is 23.4 Å². The molecule has 6 nitrogen and oxygen atoms in total. The standard InChI is InChI=1S/C27H28ClNO5/c1-4-33-27(31)24-16(2)29-20-10-7-11-21(30)26(20)25(24)17-12-13-22(23(14-17)32-3)34-15-18-8-5-6-9-19(18)28/h5-6,8-9,12-14,25,29H,4,7,10-11,15H2,1-3H3/t25-/m1/s1. The molecule has 0 amide bonds.